The molecule has 12 heavy (non-hydrogen) atoms. The molecule has 1 atom stereocenters. The molecule has 1 unspecified atom stereocenters. The van der Waals surface area contributed by atoms with Gasteiger partial charge in [0, 0.05) is 12.1 Å². The van der Waals surface area contributed by atoms with Crippen LogP contribution in [0.1, 0.15) is 27.2 Å². The second kappa shape index (κ2) is 4.80. The van der Waals surface area contributed by atoms with Gasteiger partial charge in [-0.3, -0.25) is 4.90 Å². The number of aliphatic hydroxyl groups excluding tert-OH is 2. The van der Waals surface area contributed by atoms with Gasteiger partial charge in [0.1, 0.15) is 0 Å². The second-order valence-corrected chi connectivity index (χ2v) is 4.03. The van der Waals surface area contributed by atoms with E-state index in [1.165, 1.54) is 0 Å². The zero-order valence-electron chi connectivity index (χ0n) is 8.54. The van der Waals surface area contributed by atoms with E-state index in [1.54, 1.807) is 6.92 Å². The molecule has 0 aliphatic rings. The number of nitrogens with zero attached hydrogens (tertiary/aromatic N) is 1. The summed E-state index contributed by atoms with van der Waals surface area (Å²) >= 11 is 0. The molecule has 74 valence electrons. The minimum absolute atomic E-state index is 0.142. The minimum atomic E-state index is -0.262. The van der Waals surface area contributed by atoms with Gasteiger partial charge in [0.25, 0.3) is 0 Å². The molecule has 0 heterocycles. The summed E-state index contributed by atoms with van der Waals surface area (Å²) in [5, 5.41) is 18.1. The fraction of sp³-hybridized carbons (Fsp3) is 1.00. The quantitative estimate of drug-likeness (QED) is 0.638. The van der Waals surface area contributed by atoms with Crippen molar-refractivity contribution in [2.75, 3.05) is 20.2 Å². The molecule has 0 aliphatic heterocycles. The highest BCUT2D eigenvalue weighted by Gasteiger charge is 2.21. The highest BCUT2D eigenvalue weighted by molar-refractivity contribution is 4.77. The third kappa shape index (κ3) is 4.04. The van der Waals surface area contributed by atoms with E-state index in [-0.39, 0.29) is 18.2 Å². The number of hydrogen-bond acceptors (Lipinski definition) is 3. The Morgan fingerprint density at radius 3 is 2.25 bits per heavy atom. The zero-order chi connectivity index (χ0) is 9.78. The van der Waals surface area contributed by atoms with Crippen LogP contribution in [-0.2, 0) is 0 Å². The molecule has 0 fully saturated rings. The Kier molecular flexibility index (Phi) is 4.75. The molecule has 0 bridgehead atoms. The minimum Gasteiger partial charge on any atom is -0.394 e. The van der Waals surface area contributed by atoms with E-state index in [0.717, 1.165) is 13.0 Å². The lowest BCUT2D eigenvalue weighted by molar-refractivity contribution is 0.0649. The van der Waals surface area contributed by atoms with Gasteiger partial charge in [-0.15, -0.1) is 0 Å². The molecule has 2 N–H and O–H groups in total. The van der Waals surface area contributed by atoms with E-state index < -0.39 is 0 Å². The summed E-state index contributed by atoms with van der Waals surface area (Å²) in [5.41, 5.74) is -0.186. The Morgan fingerprint density at radius 2 is 1.92 bits per heavy atom. The summed E-state index contributed by atoms with van der Waals surface area (Å²) in [7, 11) is 1.96. The van der Waals surface area contributed by atoms with Crippen LogP contribution in [-0.4, -0.2) is 47.0 Å². The van der Waals surface area contributed by atoms with E-state index in [2.05, 4.69) is 4.90 Å². The van der Waals surface area contributed by atoms with Crippen LogP contribution < -0.4 is 0 Å². The van der Waals surface area contributed by atoms with Gasteiger partial charge >= 0.3 is 0 Å². The van der Waals surface area contributed by atoms with E-state index in [9.17, 15) is 0 Å². The molecule has 0 radical (unpaired) electrons. The van der Waals surface area contributed by atoms with Crippen molar-refractivity contribution in [1.82, 2.24) is 4.90 Å². The molecule has 3 nitrogen and oxygen atoms in total. The van der Waals surface area contributed by atoms with Crippen LogP contribution >= 0.6 is 0 Å². The summed E-state index contributed by atoms with van der Waals surface area (Å²) in [6.45, 7) is 6.69. The van der Waals surface area contributed by atoms with Gasteiger partial charge in [-0.05, 0) is 34.2 Å². The largest absolute Gasteiger partial charge is 0.394 e. The van der Waals surface area contributed by atoms with Crippen molar-refractivity contribution in [2.45, 2.75) is 38.8 Å². The van der Waals surface area contributed by atoms with E-state index in [0.29, 0.717) is 0 Å². The maximum absolute atomic E-state index is 9.05. The first kappa shape index (κ1) is 11.9. The van der Waals surface area contributed by atoms with Gasteiger partial charge in [-0.2, -0.15) is 0 Å². The Morgan fingerprint density at radius 1 is 1.42 bits per heavy atom. The summed E-state index contributed by atoms with van der Waals surface area (Å²) in [4.78, 5) is 2.06. The van der Waals surface area contributed by atoms with Crippen molar-refractivity contribution in [1.29, 1.82) is 0 Å². The summed E-state index contributed by atoms with van der Waals surface area (Å²) in [6.07, 6.45) is 0.488. The number of likely N-dealkylation sites (N-methyl/N-ethyl adjacent to an activating group) is 1. The van der Waals surface area contributed by atoms with Gasteiger partial charge < -0.3 is 10.2 Å². The molecule has 0 amide bonds. The highest BCUT2D eigenvalue weighted by atomic mass is 16.3. The highest BCUT2D eigenvalue weighted by Crippen LogP contribution is 2.11. The predicted octanol–water partition coefficient (Wildman–Crippen LogP) is 0.460. The molecular formula is C9H21NO2. The molecule has 0 aliphatic carbocycles. The maximum atomic E-state index is 9.05. The van der Waals surface area contributed by atoms with Crippen molar-refractivity contribution in [3.05, 3.63) is 0 Å². The summed E-state index contributed by atoms with van der Waals surface area (Å²) in [6, 6.07) is 0. The normalized spacial score (nSPS) is 15.2. The van der Waals surface area contributed by atoms with Crippen molar-refractivity contribution in [3.63, 3.8) is 0 Å². The molecule has 0 saturated heterocycles. The van der Waals surface area contributed by atoms with Gasteiger partial charge in [0.2, 0.25) is 0 Å². The molecule has 0 aromatic heterocycles. The lowest BCUT2D eigenvalue weighted by Gasteiger charge is -2.34. The lowest BCUT2D eigenvalue weighted by atomic mass is 10.0. The first-order valence-corrected chi connectivity index (χ1v) is 4.40. The molecule has 0 aromatic carbocycles. The van der Waals surface area contributed by atoms with Gasteiger partial charge in [-0.25, -0.2) is 0 Å². The zero-order valence-corrected chi connectivity index (χ0v) is 8.54. The third-order valence-electron chi connectivity index (χ3n) is 2.30. The van der Waals surface area contributed by atoms with Gasteiger partial charge in [0.15, 0.2) is 0 Å². The summed E-state index contributed by atoms with van der Waals surface area (Å²) < 4.78 is 0. The lowest BCUT2D eigenvalue weighted by Crippen LogP contribution is -2.45. The van der Waals surface area contributed by atoms with Gasteiger partial charge in [-0.1, -0.05) is 0 Å². The van der Waals surface area contributed by atoms with E-state index >= 15 is 0 Å². The number of hydrogen-bond donors (Lipinski definition) is 2. The second-order valence-electron chi connectivity index (χ2n) is 4.03. The smallest absolute Gasteiger partial charge is 0.0609 e. The van der Waals surface area contributed by atoms with Crippen molar-refractivity contribution >= 4 is 0 Å². The Labute approximate surface area is 75.0 Å². The van der Waals surface area contributed by atoms with Crippen LogP contribution in [0.25, 0.3) is 0 Å². The maximum Gasteiger partial charge on any atom is 0.0609 e. The van der Waals surface area contributed by atoms with Crippen molar-refractivity contribution < 1.29 is 10.2 Å². The Balaban J connectivity index is 3.78. The SMILES string of the molecule is CC(O)CCN(C)C(C)(C)CO. The van der Waals surface area contributed by atoms with Crippen LogP contribution in [0.3, 0.4) is 0 Å². The fourth-order valence-electron chi connectivity index (χ4n) is 0.804. The monoisotopic (exact) mass is 175 g/mol. The molecule has 0 aromatic rings. The van der Waals surface area contributed by atoms with E-state index in [1.807, 2.05) is 20.9 Å². The first-order valence-electron chi connectivity index (χ1n) is 4.40. The van der Waals surface area contributed by atoms with Crippen LogP contribution in [0, 0.1) is 0 Å². The van der Waals surface area contributed by atoms with Crippen LogP contribution in [0.15, 0.2) is 0 Å². The van der Waals surface area contributed by atoms with Crippen LogP contribution in [0.4, 0.5) is 0 Å². The molecule has 0 rings (SSSR count). The average Bonchev–Trinajstić information content (AvgIpc) is 2.00. The Bertz CT molecular complexity index is 124. The molecule has 0 spiro atoms. The van der Waals surface area contributed by atoms with Crippen LogP contribution in [0.5, 0.6) is 0 Å². The molecule has 3 heteroatoms. The van der Waals surface area contributed by atoms with Crippen molar-refractivity contribution in [3.8, 4) is 0 Å². The molecule has 0 saturated carbocycles. The number of rotatable bonds is 5. The first-order chi connectivity index (χ1) is 5.40. The standard InChI is InChI=1S/C9H21NO2/c1-8(12)5-6-10(4)9(2,3)7-11/h8,11-12H,5-7H2,1-4H3. The topological polar surface area (TPSA) is 43.7 Å². The fourth-order valence-corrected chi connectivity index (χ4v) is 0.804. The third-order valence-corrected chi connectivity index (χ3v) is 2.30. The van der Waals surface area contributed by atoms with Crippen LogP contribution in [0.2, 0.25) is 0 Å². The predicted molar refractivity (Wildman–Crippen MR) is 50.1 cm³/mol. The Hall–Kier alpha value is -0.120. The number of aliphatic hydroxyl groups is 2. The van der Waals surface area contributed by atoms with E-state index in [4.69, 9.17) is 10.2 Å². The van der Waals surface area contributed by atoms with Crippen molar-refractivity contribution in [2.24, 2.45) is 0 Å². The van der Waals surface area contributed by atoms with Gasteiger partial charge in [0.05, 0.1) is 12.7 Å². The average molecular weight is 175 g/mol. The summed E-state index contributed by atoms with van der Waals surface area (Å²) in [5.74, 6) is 0. The molecular weight excluding hydrogens is 154 g/mol.